The highest BCUT2D eigenvalue weighted by molar-refractivity contribution is 7.99. The van der Waals surface area contributed by atoms with Crippen LogP contribution >= 0.6 is 11.8 Å². The van der Waals surface area contributed by atoms with Gasteiger partial charge in [0.05, 0.1) is 11.4 Å². The number of carbonyl (C=O) groups is 1. The first-order valence-electron chi connectivity index (χ1n) is 7.38. The second-order valence-corrected chi connectivity index (χ2v) is 6.89. The molecule has 6 heteroatoms. The predicted octanol–water partition coefficient (Wildman–Crippen LogP) is 2.27. The molecule has 5 nitrogen and oxygen atoms in total. The molecule has 0 aromatic carbocycles. The first kappa shape index (κ1) is 13.8. The van der Waals surface area contributed by atoms with Gasteiger partial charge in [0.25, 0.3) is 5.91 Å². The molecule has 0 spiro atoms. The molecule has 2 aliphatic rings. The van der Waals surface area contributed by atoms with Gasteiger partial charge in [-0.15, -0.1) is 0 Å². The molecule has 20 heavy (non-hydrogen) atoms. The Balaban J connectivity index is 1.69. The lowest BCUT2D eigenvalue weighted by atomic mass is 9.94. The monoisotopic (exact) mass is 294 g/mol. The average Bonchev–Trinajstić information content (AvgIpc) is 3.22. The van der Waals surface area contributed by atoms with Gasteiger partial charge in [0.1, 0.15) is 0 Å². The summed E-state index contributed by atoms with van der Waals surface area (Å²) in [4.78, 5) is 12.4. The van der Waals surface area contributed by atoms with Gasteiger partial charge >= 0.3 is 0 Å². The van der Waals surface area contributed by atoms with Crippen LogP contribution in [0.1, 0.15) is 60.6 Å². The van der Waals surface area contributed by atoms with Crippen LogP contribution in [0.5, 0.6) is 0 Å². The lowest BCUT2D eigenvalue weighted by Gasteiger charge is -2.30. The van der Waals surface area contributed by atoms with Crippen LogP contribution in [0.25, 0.3) is 0 Å². The van der Waals surface area contributed by atoms with E-state index < -0.39 is 0 Å². The summed E-state index contributed by atoms with van der Waals surface area (Å²) in [5.74, 6) is 0.356. The van der Waals surface area contributed by atoms with E-state index >= 15 is 0 Å². The summed E-state index contributed by atoms with van der Waals surface area (Å²) in [6, 6.07) is 0.242. The van der Waals surface area contributed by atoms with E-state index in [0.717, 1.165) is 25.0 Å². The number of thioether (sulfide) groups is 1. The first-order chi connectivity index (χ1) is 9.70. The van der Waals surface area contributed by atoms with Crippen molar-refractivity contribution in [2.75, 3.05) is 12.0 Å². The van der Waals surface area contributed by atoms with E-state index in [2.05, 4.69) is 21.8 Å². The Morgan fingerprint density at radius 2 is 2.10 bits per heavy atom. The third-order valence-corrected chi connectivity index (χ3v) is 5.53. The minimum Gasteiger partial charge on any atom is -0.395 e. The first-order valence-corrected chi connectivity index (χ1v) is 8.67. The maximum Gasteiger partial charge on any atom is 0.274 e. The van der Waals surface area contributed by atoms with Gasteiger partial charge in [0, 0.05) is 17.2 Å². The van der Waals surface area contributed by atoms with Gasteiger partial charge in [0.15, 0.2) is 5.69 Å². The van der Waals surface area contributed by atoms with Crippen molar-refractivity contribution in [3.8, 4) is 0 Å². The number of hydrogen-bond acceptors (Lipinski definition) is 4. The molecule has 1 aromatic rings. The Morgan fingerprint density at radius 1 is 1.35 bits per heavy atom. The number of nitrogens with zero attached hydrogens (tertiary/aromatic N) is 1. The molecule has 1 aromatic heterocycles. The molecular formula is C14H22N4OS. The zero-order chi connectivity index (χ0) is 14.1. The quantitative estimate of drug-likeness (QED) is 0.795. The van der Waals surface area contributed by atoms with E-state index in [1.54, 1.807) is 0 Å². The van der Waals surface area contributed by atoms with Crippen LogP contribution in [0.2, 0.25) is 0 Å². The second kappa shape index (κ2) is 5.68. The molecule has 4 N–H and O–H groups in total. The third kappa shape index (κ3) is 2.66. The van der Waals surface area contributed by atoms with Crippen LogP contribution in [0.3, 0.4) is 0 Å². The fraction of sp³-hybridized carbons (Fsp3) is 0.714. The summed E-state index contributed by atoms with van der Waals surface area (Å²) < 4.78 is 0. The molecule has 0 saturated heterocycles. The van der Waals surface area contributed by atoms with E-state index in [4.69, 9.17) is 5.73 Å². The van der Waals surface area contributed by atoms with Gasteiger partial charge in [-0.3, -0.25) is 9.89 Å². The molecule has 0 radical (unpaired) electrons. The summed E-state index contributed by atoms with van der Waals surface area (Å²) in [6.07, 6.45) is 9.07. The van der Waals surface area contributed by atoms with Crippen molar-refractivity contribution < 1.29 is 4.79 Å². The second-order valence-electron chi connectivity index (χ2n) is 5.81. The fourth-order valence-corrected chi connectivity index (χ4v) is 3.94. The molecular weight excluding hydrogens is 272 g/mol. The molecule has 2 fully saturated rings. The summed E-state index contributed by atoms with van der Waals surface area (Å²) in [5, 5.41) is 10.7. The lowest BCUT2D eigenvalue weighted by molar-refractivity contribution is 0.0925. The number of H-pyrrole nitrogens is 1. The fourth-order valence-electron chi connectivity index (χ4n) is 3.00. The largest absolute Gasteiger partial charge is 0.395 e. The molecule has 110 valence electrons. The number of carbonyl (C=O) groups excluding carboxylic acids is 1. The van der Waals surface area contributed by atoms with Crippen LogP contribution in [0.15, 0.2) is 0 Å². The van der Waals surface area contributed by atoms with E-state index in [1.165, 1.54) is 19.3 Å². The van der Waals surface area contributed by atoms with Gasteiger partial charge in [-0.1, -0.05) is 12.8 Å². The van der Waals surface area contributed by atoms with Gasteiger partial charge in [0.2, 0.25) is 0 Å². The van der Waals surface area contributed by atoms with Gasteiger partial charge < -0.3 is 11.1 Å². The van der Waals surface area contributed by atoms with Gasteiger partial charge in [-0.05, 0) is 31.9 Å². The molecule has 0 aliphatic heterocycles. The van der Waals surface area contributed by atoms with Gasteiger partial charge in [-0.2, -0.15) is 16.9 Å². The zero-order valence-electron chi connectivity index (χ0n) is 11.8. The zero-order valence-corrected chi connectivity index (χ0v) is 12.6. The van der Waals surface area contributed by atoms with Crippen molar-refractivity contribution in [3.63, 3.8) is 0 Å². The number of amides is 1. The molecule has 2 unspecified atom stereocenters. The van der Waals surface area contributed by atoms with Crippen molar-refractivity contribution in [1.29, 1.82) is 0 Å². The third-order valence-electron chi connectivity index (χ3n) is 4.36. The molecule has 2 atom stereocenters. The Kier molecular flexibility index (Phi) is 3.92. The SMILES string of the molecule is CSC1CCCCC1NC(=O)c1n[nH]c(C2CC2)c1N. The van der Waals surface area contributed by atoms with Crippen molar-refractivity contribution >= 4 is 23.4 Å². The minimum absolute atomic E-state index is 0.128. The van der Waals surface area contributed by atoms with Crippen LogP contribution in [0, 0.1) is 0 Å². The number of nitrogens with one attached hydrogen (secondary N) is 2. The number of nitrogens with two attached hydrogens (primary N) is 1. The molecule has 3 rings (SSSR count). The highest BCUT2D eigenvalue weighted by atomic mass is 32.2. The Bertz CT molecular complexity index is 497. The average molecular weight is 294 g/mol. The Hall–Kier alpha value is -1.17. The topological polar surface area (TPSA) is 83.8 Å². The normalized spacial score (nSPS) is 26.4. The molecule has 2 saturated carbocycles. The summed E-state index contributed by atoms with van der Waals surface area (Å²) in [7, 11) is 0. The van der Waals surface area contributed by atoms with Crippen molar-refractivity contribution in [2.24, 2.45) is 0 Å². The predicted molar refractivity (Wildman–Crippen MR) is 82.0 cm³/mol. The van der Waals surface area contributed by atoms with E-state index in [-0.39, 0.29) is 11.9 Å². The summed E-state index contributed by atoms with van der Waals surface area (Å²) in [5.41, 5.74) is 7.92. The molecule has 1 amide bonds. The maximum atomic E-state index is 12.4. The summed E-state index contributed by atoms with van der Waals surface area (Å²) >= 11 is 1.84. The maximum absolute atomic E-state index is 12.4. The number of anilines is 1. The lowest BCUT2D eigenvalue weighted by Crippen LogP contribution is -2.44. The number of nitrogen functional groups attached to an aromatic ring is 1. The van der Waals surface area contributed by atoms with Crippen molar-refractivity contribution in [3.05, 3.63) is 11.4 Å². The number of aromatic amines is 1. The van der Waals surface area contributed by atoms with Crippen molar-refractivity contribution in [2.45, 2.75) is 55.7 Å². The van der Waals surface area contributed by atoms with Crippen LogP contribution in [0.4, 0.5) is 5.69 Å². The van der Waals surface area contributed by atoms with E-state index in [1.807, 2.05) is 11.8 Å². The molecule has 0 bridgehead atoms. The highest BCUT2D eigenvalue weighted by Gasteiger charge is 2.32. The van der Waals surface area contributed by atoms with Crippen LogP contribution < -0.4 is 11.1 Å². The minimum atomic E-state index is -0.128. The smallest absolute Gasteiger partial charge is 0.274 e. The standard InChI is InChI=1S/C14H22N4OS/c1-20-10-5-3-2-4-9(10)16-14(19)13-11(15)12(17-18-13)8-6-7-8/h8-10H,2-7,15H2,1H3,(H,16,19)(H,17,18). The summed E-state index contributed by atoms with van der Waals surface area (Å²) in [6.45, 7) is 0. The number of aromatic nitrogens is 2. The molecule has 1 heterocycles. The highest BCUT2D eigenvalue weighted by Crippen LogP contribution is 2.42. The van der Waals surface area contributed by atoms with Gasteiger partial charge in [-0.25, -0.2) is 0 Å². The number of rotatable bonds is 4. The van der Waals surface area contributed by atoms with E-state index in [9.17, 15) is 4.79 Å². The van der Waals surface area contributed by atoms with Crippen LogP contribution in [-0.4, -0.2) is 33.7 Å². The van der Waals surface area contributed by atoms with Crippen molar-refractivity contribution in [1.82, 2.24) is 15.5 Å². The van der Waals surface area contributed by atoms with Crippen LogP contribution in [-0.2, 0) is 0 Å². The Morgan fingerprint density at radius 3 is 2.80 bits per heavy atom. The number of hydrogen-bond donors (Lipinski definition) is 3. The van der Waals surface area contributed by atoms with E-state index in [0.29, 0.717) is 22.5 Å². The molecule has 2 aliphatic carbocycles. The Labute approximate surface area is 123 Å².